The molecule has 21 heavy (non-hydrogen) atoms. The van der Waals surface area contributed by atoms with E-state index >= 15 is 0 Å². The van der Waals surface area contributed by atoms with E-state index in [0.29, 0.717) is 24.0 Å². The Labute approximate surface area is 145 Å². The van der Waals surface area contributed by atoms with Gasteiger partial charge < -0.3 is 9.47 Å². The van der Waals surface area contributed by atoms with E-state index in [-0.39, 0.29) is 4.83 Å². The summed E-state index contributed by atoms with van der Waals surface area (Å²) in [6, 6.07) is 10.00. The first-order valence-electron chi connectivity index (χ1n) is 6.55. The SMILES string of the molecule is Cc1ccc(Br)cc1C(Br)c1cc2c(cc1Cl)OCCO2. The van der Waals surface area contributed by atoms with E-state index in [1.165, 1.54) is 11.1 Å². The zero-order valence-electron chi connectivity index (χ0n) is 11.3. The number of halogens is 3. The van der Waals surface area contributed by atoms with E-state index in [9.17, 15) is 0 Å². The minimum atomic E-state index is -0.00155. The fourth-order valence-electron chi connectivity index (χ4n) is 2.33. The molecule has 0 amide bonds. The maximum atomic E-state index is 6.42. The number of rotatable bonds is 2. The highest BCUT2D eigenvalue weighted by atomic mass is 79.9. The Bertz CT molecular complexity index is 688. The van der Waals surface area contributed by atoms with E-state index in [1.54, 1.807) is 0 Å². The lowest BCUT2D eigenvalue weighted by atomic mass is 10.00. The molecule has 2 nitrogen and oxygen atoms in total. The molecule has 0 aromatic heterocycles. The van der Waals surface area contributed by atoms with Crippen molar-refractivity contribution in [2.45, 2.75) is 11.8 Å². The second-order valence-electron chi connectivity index (χ2n) is 4.88. The molecule has 1 aliphatic rings. The Balaban J connectivity index is 2.05. The van der Waals surface area contributed by atoms with Crippen molar-refractivity contribution < 1.29 is 9.47 Å². The molecule has 0 radical (unpaired) electrons. The van der Waals surface area contributed by atoms with Gasteiger partial charge in [0.25, 0.3) is 0 Å². The van der Waals surface area contributed by atoms with Crippen molar-refractivity contribution in [1.29, 1.82) is 0 Å². The summed E-state index contributed by atoms with van der Waals surface area (Å²) in [4.78, 5) is -0.00155. The monoisotopic (exact) mass is 430 g/mol. The summed E-state index contributed by atoms with van der Waals surface area (Å²) in [5, 5.41) is 0.667. The molecule has 110 valence electrons. The van der Waals surface area contributed by atoms with Crippen molar-refractivity contribution in [2.24, 2.45) is 0 Å². The molecule has 1 atom stereocenters. The average molecular weight is 433 g/mol. The highest BCUT2D eigenvalue weighted by Crippen LogP contribution is 2.43. The molecule has 0 fully saturated rings. The molecule has 0 aliphatic carbocycles. The number of aryl methyl sites for hydroxylation is 1. The van der Waals surface area contributed by atoms with Crippen molar-refractivity contribution in [3.05, 3.63) is 56.5 Å². The topological polar surface area (TPSA) is 18.5 Å². The highest BCUT2D eigenvalue weighted by molar-refractivity contribution is 9.10. The minimum Gasteiger partial charge on any atom is -0.486 e. The molecule has 1 heterocycles. The van der Waals surface area contributed by atoms with E-state index in [0.717, 1.165) is 15.8 Å². The van der Waals surface area contributed by atoms with Crippen LogP contribution in [-0.4, -0.2) is 13.2 Å². The first-order chi connectivity index (χ1) is 10.1. The summed E-state index contributed by atoms with van der Waals surface area (Å²) >= 11 is 13.7. The molecule has 2 aromatic rings. The predicted octanol–water partition coefficient (Wildman–Crippen LogP) is 5.67. The van der Waals surface area contributed by atoms with Crippen LogP contribution in [0.4, 0.5) is 0 Å². The Morgan fingerprint density at radius 3 is 2.43 bits per heavy atom. The van der Waals surface area contributed by atoms with Crippen LogP contribution in [0.15, 0.2) is 34.8 Å². The number of hydrogen-bond donors (Lipinski definition) is 0. The average Bonchev–Trinajstić information content (AvgIpc) is 2.48. The van der Waals surface area contributed by atoms with Gasteiger partial charge in [0.2, 0.25) is 0 Å². The van der Waals surface area contributed by atoms with Crippen molar-refractivity contribution in [3.8, 4) is 11.5 Å². The normalized spacial score (nSPS) is 14.9. The molecular formula is C16H13Br2ClO2. The first-order valence-corrected chi connectivity index (χ1v) is 8.64. The second kappa shape index (κ2) is 6.19. The molecule has 2 aromatic carbocycles. The summed E-state index contributed by atoms with van der Waals surface area (Å²) in [7, 11) is 0. The van der Waals surface area contributed by atoms with Gasteiger partial charge in [-0.05, 0) is 41.8 Å². The summed E-state index contributed by atoms with van der Waals surface area (Å²) in [6.07, 6.45) is 0. The van der Waals surface area contributed by atoms with E-state index in [4.69, 9.17) is 21.1 Å². The molecule has 5 heteroatoms. The van der Waals surface area contributed by atoms with Crippen molar-refractivity contribution in [1.82, 2.24) is 0 Å². The lowest BCUT2D eigenvalue weighted by Gasteiger charge is -2.22. The zero-order chi connectivity index (χ0) is 15.0. The molecule has 1 unspecified atom stereocenters. The van der Waals surface area contributed by atoms with Gasteiger partial charge >= 0.3 is 0 Å². The van der Waals surface area contributed by atoms with Gasteiger partial charge in [-0.2, -0.15) is 0 Å². The smallest absolute Gasteiger partial charge is 0.162 e. The Hall–Kier alpha value is -0.710. The van der Waals surface area contributed by atoms with Crippen LogP contribution in [0.25, 0.3) is 0 Å². The van der Waals surface area contributed by atoms with Crippen LogP contribution in [0.2, 0.25) is 5.02 Å². The molecule has 0 bridgehead atoms. The maximum absolute atomic E-state index is 6.42. The number of hydrogen-bond acceptors (Lipinski definition) is 2. The Kier molecular flexibility index (Phi) is 4.48. The second-order valence-corrected chi connectivity index (χ2v) is 7.12. The first kappa shape index (κ1) is 15.2. The maximum Gasteiger partial charge on any atom is 0.162 e. The third-order valence-electron chi connectivity index (χ3n) is 3.45. The van der Waals surface area contributed by atoms with Gasteiger partial charge in [0, 0.05) is 15.6 Å². The van der Waals surface area contributed by atoms with Crippen LogP contribution in [0.5, 0.6) is 11.5 Å². The van der Waals surface area contributed by atoms with Crippen LogP contribution < -0.4 is 9.47 Å². The van der Waals surface area contributed by atoms with Crippen LogP contribution >= 0.6 is 43.5 Å². The van der Waals surface area contributed by atoms with E-state index < -0.39 is 0 Å². The summed E-state index contributed by atoms with van der Waals surface area (Å²) in [5.74, 6) is 1.46. The van der Waals surface area contributed by atoms with Gasteiger partial charge in [0.1, 0.15) is 13.2 Å². The minimum absolute atomic E-state index is 0.00155. The van der Waals surface area contributed by atoms with Crippen molar-refractivity contribution in [3.63, 3.8) is 0 Å². The molecule has 3 rings (SSSR count). The van der Waals surface area contributed by atoms with Gasteiger partial charge in [-0.3, -0.25) is 0 Å². The van der Waals surface area contributed by atoms with Gasteiger partial charge in [0.05, 0.1) is 4.83 Å². The number of alkyl halides is 1. The molecule has 0 spiro atoms. The third kappa shape index (κ3) is 3.08. The molecule has 0 saturated carbocycles. The van der Waals surface area contributed by atoms with E-state index in [2.05, 4.69) is 50.9 Å². The number of fused-ring (bicyclic) bond motifs is 1. The van der Waals surface area contributed by atoms with Gasteiger partial charge in [0.15, 0.2) is 11.5 Å². The van der Waals surface area contributed by atoms with Gasteiger partial charge in [-0.15, -0.1) is 0 Å². The van der Waals surface area contributed by atoms with Gasteiger partial charge in [-0.25, -0.2) is 0 Å². The van der Waals surface area contributed by atoms with Crippen molar-refractivity contribution >= 4 is 43.5 Å². The molecule has 1 aliphatic heterocycles. The lowest BCUT2D eigenvalue weighted by molar-refractivity contribution is 0.171. The van der Waals surface area contributed by atoms with Crippen LogP contribution in [0.3, 0.4) is 0 Å². The fourth-order valence-corrected chi connectivity index (χ4v) is 3.97. The fraction of sp³-hybridized carbons (Fsp3) is 0.250. The largest absolute Gasteiger partial charge is 0.486 e. The summed E-state index contributed by atoms with van der Waals surface area (Å²) in [5.41, 5.74) is 3.34. The third-order valence-corrected chi connectivity index (χ3v) is 5.26. The van der Waals surface area contributed by atoms with Crippen LogP contribution in [0, 0.1) is 6.92 Å². The Morgan fingerprint density at radius 1 is 1.05 bits per heavy atom. The van der Waals surface area contributed by atoms with Crippen LogP contribution in [0.1, 0.15) is 21.5 Å². The molecule has 0 saturated heterocycles. The number of ether oxygens (including phenoxy) is 2. The predicted molar refractivity (Wildman–Crippen MR) is 92.1 cm³/mol. The highest BCUT2D eigenvalue weighted by Gasteiger charge is 2.21. The van der Waals surface area contributed by atoms with Crippen LogP contribution in [-0.2, 0) is 0 Å². The van der Waals surface area contributed by atoms with Crippen molar-refractivity contribution in [2.75, 3.05) is 13.2 Å². The zero-order valence-corrected chi connectivity index (χ0v) is 15.3. The Morgan fingerprint density at radius 2 is 1.71 bits per heavy atom. The summed E-state index contributed by atoms with van der Waals surface area (Å²) < 4.78 is 12.2. The standard InChI is InChI=1S/C16H13Br2ClO2/c1-9-2-3-10(17)6-11(9)16(18)12-7-14-15(8-13(12)19)21-5-4-20-14/h2-3,6-8,16H,4-5H2,1H3. The summed E-state index contributed by atoms with van der Waals surface area (Å²) in [6.45, 7) is 3.21. The van der Waals surface area contributed by atoms with E-state index in [1.807, 2.05) is 18.2 Å². The van der Waals surface area contributed by atoms with Gasteiger partial charge in [-0.1, -0.05) is 49.5 Å². The lowest BCUT2D eigenvalue weighted by Crippen LogP contribution is -2.15. The molecule has 0 N–H and O–H groups in total. The number of benzene rings is 2. The molecular weight excluding hydrogens is 419 g/mol. The quantitative estimate of drug-likeness (QED) is 0.570.